The highest BCUT2D eigenvalue weighted by Gasteiger charge is 2.25. The fourth-order valence-electron chi connectivity index (χ4n) is 3.50. The van der Waals surface area contributed by atoms with E-state index in [0.717, 1.165) is 0 Å². The molecule has 0 saturated heterocycles. The summed E-state index contributed by atoms with van der Waals surface area (Å²) in [5, 5.41) is 7.38. The maximum Gasteiger partial charge on any atom is 0.0481 e. The van der Waals surface area contributed by atoms with Gasteiger partial charge in [-0.1, -0.05) is 24.3 Å². The Bertz CT molecular complexity index is 742. The molecule has 0 fully saturated rings. The second kappa shape index (κ2) is 5.32. The molecular weight excluding hydrogens is 276 g/mol. The number of benzene rings is 1. The molecule has 3 heteroatoms. The summed E-state index contributed by atoms with van der Waals surface area (Å²) in [6.45, 7) is 2.27. The maximum absolute atomic E-state index is 3.82. The van der Waals surface area contributed by atoms with Gasteiger partial charge in [0.05, 0.1) is 0 Å². The lowest BCUT2D eigenvalue weighted by molar-refractivity contribution is 0.413. The Balaban J connectivity index is 1.67. The minimum atomic E-state index is 0.410. The van der Waals surface area contributed by atoms with Crippen LogP contribution in [-0.2, 0) is 6.42 Å². The van der Waals surface area contributed by atoms with Crippen molar-refractivity contribution in [1.29, 1.82) is 0 Å². The van der Waals surface area contributed by atoms with E-state index in [9.17, 15) is 0 Å². The Morgan fingerprint density at radius 1 is 1.24 bits per heavy atom. The molecule has 0 bridgehead atoms. The predicted octanol–water partition coefficient (Wildman–Crippen LogP) is 4.96. The summed E-state index contributed by atoms with van der Waals surface area (Å²) in [5.74, 6) is 0. The number of thiophene rings is 1. The largest absolute Gasteiger partial charge is 0.357 e. The highest BCUT2D eigenvalue weighted by atomic mass is 32.1. The molecule has 4 rings (SSSR count). The van der Waals surface area contributed by atoms with E-state index in [0.29, 0.717) is 12.1 Å². The molecule has 108 valence electrons. The summed E-state index contributed by atoms with van der Waals surface area (Å²) in [4.78, 5) is 5.07. The molecule has 2 heterocycles. The number of nitrogens with one attached hydrogen (secondary N) is 2. The molecule has 0 radical (unpaired) electrons. The zero-order valence-corrected chi connectivity index (χ0v) is 13.0. The topological polar surface area (TPSA) is 27.8 Å². The van der Waals surface area contributed by atoms with E-state index in [-0.39, 0.29) is 0 Å². The van der Waals surface area contributed by atoms with Gasteiger partial charge >= 0.3 is 0 Å². The Morgan fingerprint density at radius 3 is 3.00 bits per heavy atom. The minimum Gasteiger partial charge on any atom is -0.357 e. The van der Waals surface area contributed by atoms with Crippen LogP contribution in [0, 0.1) is 0 Å². The minimum absolute atomic E-state index is 0.410. The number of fused-ring (bicyclic) bond motifs is 3. The third kappa shape index (κ3) is 2.30. The zero-order chi connectivity index (χ0) is 14.2. The first kappa shape index (κ1) is 13.1. The normalized spacial score (nSPS) is 19.6. The number of para-hydroxylation sites is 1. The Hall–Kier alpha value is -1.58. The van der Waals surface area contributed by atoms with Crippen molar-refractivity contribution in [3.05, 3.63) is 57.9 Å². The van der Waals surface area contributed by atoms with Gasteiger partial charge in [0.1, 0.15) is 0 Å². The molecule has 2 N–H and O–H groups in total. The van der Waals surface area contributed by atoms with Gasteiger partial charge in [0.15, 0.2) is 0 Å². The molecule has 1 aliphatic rings. The van der Waals surface area contributed by atoms with Gasteiger partial charge in [0.25, 0.3) is 0 Å². The van der Waals surface area contributed by atoms with E-state index in [4.69, 9.17) is 0 Å². The molecule has 1 unspecified atom stereocenters. The number of aryl methyl sites for hydroxylation is 1. The van der Waals surface area contributed by atoms with E-state index in [2.05, 4.69) is 59.0 Å². The van der Waals surface area contributed by atoms with Crippen molar-refractivity contribution in [3.8, 4) is 0 Å². The molecule has 2 aromatic heterocycles. The highest BCUT2D eigenvalue weighted by molar-refractivity contribution is 7.10. The summed E-state index contributed by atoms with van der Waals surface area (Å²) >= 11 is 1.83. The number of hydrogen-bond acceptors (Lipinski definition) is 2. The fourth-order valence-corrected chi connectivity index (χ4v) is 4.25. The van der Waals surface area contributed by atoms with E-state index >= 15 is 0 Å². The molecule has 0 spiro atoms. The van der Waals surface area contributed by atoms with Crippen molar-refractivity contribution in [2.24, 2.45) is 0 Å². The Kier molecular flexibility index (Phi) is 3.32. The first-order valence-corrected chi connectivity index (χ1v) is 8.60. The number of aromatic amines is 1. The maximum atomic E-state index is 3.82. The van der Waals surface area contributed by atoms with Gasteiger partial charge in [0, 0.05) is 33.6 Å². The molecule has 2 nitrogen and oxygen atoms in total. The lowest BCUT2D eigenvalue weighted by Crippen LogP contribution is -2.27. The van der Waals surface area contributed by atoms with Crippen LogP contribution < -0.4 is 5.32 Å². The van der Waals surface area contributed by atoms with E-state index < -0.39 is 0 Å². The third-order valence-electron chi connectivity index (χ3n) is 4.54. The summed E-state index contributed by atoms with van der Waals surface area (Å²) < 4.78 is 0. The van der Waals surface area contributed by atoms with Crippen LogP contribution in [0.25, 0.3) is 10.9 Å². The lowest BCUT2D eigenvalue weighted by Gasteiger charge is -2.27. The lowest BCUT2D eigenvalue weighted by atomic mass is 9.91. The first-order chi connectivity index (χ1) is 10.3. The van der Waals surface area contributed by atoms with Crippen LogP contribution in [0.5, 0.6) is 0 Å². The smallest absolute Gasteiger partial charge is 0.0481 e. The summed E-state index contributed by atoms with van der Waals surface area (Å²) in [6.07, 6.45) is 3.68. The second-order valence-corrected chi connectivity index (χ2v) is 6.89. The predicted molar refractivity (Wildman–Crippen MR) is 89.8 cm³/mol. The van der Waals surface area contributed by atoms with E-state index in [1.54, 1.807) is 0 Å². The van der Waals surface area contributed by atoms with Crippen molar-refractivity contribution in [1.82, 2.24) is 10.3 Å². The van der Waals surface area contributed by atoms with Gasteiger partial charge in [-0.3, -0.25) is 0 Å². The van der Waals surface area contributed by atoms with E-state index in [1.807, 2.05) is 11.3 Å². The number of aromatic nitrogens is 1. The van der Waals surface area contributed by atoms with Crippen molar-refractivity contribution in [2.45, 2.75) is 38.3 Å². The SMILES string of the molecule is C[C@@H](NC1CCCc2c1[nH]c1ccccc21)c1cccs1. The van der Waals surface area contributed by atoms with Crippen LogP contribution >= 0.6 is 11.3 Å². The zero-order valence-electron chi connectivity index (χ0n) is 12.2. The number of H-pyrrole nitrogens is 1. The van der Waals surface area contributed by atoms with Crippen LogP contribution in [-0.4, -0.2) is 4.98 Å². The van der Waals surface area contributed by atoms with Gasteiger partial charge in [-0.25, -0.2) is 0 Å². The van der Waals surface area contributed by atoms with Gasteiger partial charge in [-0.15, -0.1) is 11.3 Å². The van der Waals surface area contributed by atoms with E-state index in [1.165, 1.54) is 46.3 Å². The quantitative estimate of drug-likeness (QED) is 0.702. The van der Waals surface area contributed by atoms with Crippen LogP contribution in [0.4, 0.5) is 0 Å². The van der Waals surface area contributed by atoms with Crippen LogP contribution in [0.15, 0.2) is 41.8 Å². The average molecular weight is 296 g/mol. The summed E-state index contributed by atoms with van der Waals surface area (Å²) in [5.41, 5.74) is 4.21. The molecule has 21 heavy (non-hydrogen) atoms. The number of hydrogen-bond donors (Lipinski definition) is 2. The van der Waals surface area contributed by atoms with Crippen LogP contribution in [0.1, 0.15) is 48.0 Å². The average Bonchev–Trinajstić information content (AvgIpc) is 3.15. The number of rotatable bonds is 3. The molecule has 2 atom stereocenters. The van der Waals surface area contributed by atoms with Crippen molar-refractivity contribution in [2.75, 3.05) is 0 Å². The molecule has 1 aliphatic carbocycles. The molecule has 1 aromatic carbocycles. The van der Waals surface area contributed by atoms with Gasteiger partial charge in [0.2, 0.25) is 0 Å². The summed E-state index contributed by atoms with van der Waals surface area (Å²) in [6, 6.07) is 13.9. The monoisotopic (exact) mass is 296 g/mol. The van der Waals surface area contributed by atoms with Crippen LogP contribution in [0.2, 0.25) is 0 Å². The second-order valence-electron chi connectivity index (χ2n) is 5.91. The van der Waals surface area contributed by atoms with Crippen molar-refractivity contribution < 1.29 is 0 Å². The van der Waals surface area contributed by atoms with Gasteiger partial charge in [-0.05, 0) is 49.3 Å². The summed E-state index contributed by atoms with van der Waals surface area (Å²) in [7, 11) is 0. The molecule has 0 saturated carbocycles. The van der Waals surface area contributed by atoms with Crippen LogP contribution in [0.3, 0.4) is 0 Å². The Morgan fingerprint density at radius 2 is 2.14 bits per heavy atom. The van der Waals surface area contributed by atoms with Gasteiger partial charge < -0.3 is 10.3 Å². The van der Waals surface area contributed by atoms with Gasteiger partial charge in [-0.2, -0.15) is 0 Å². The first-order valence-electron chi connectivity index (χ1n) is 7.72. The Labute approximate surface area is 129 Å². The standard InChI is InChI=1S/C18H20N2S/c1-12(17-10-5-11-21-17)19-16-9-4-7-14-13-6-2-3-8-15(13)20-18(14)16/h2-3,5-6,8,10-12,16,19-20H,4,7,9H2,1H3/t12-,16?/m1/s1. The van der Waals surface area contributed by atoms with Crippen molar-refractivity contribution >= 4 is 22.2 Å². The molecular formula is C18H20N2S. The molecule has 0 aliphatic heterocycles. The fraction of sp³-hybridized carbons (Fsp3) is 0.333. The van der Waals surface area contributed by atoms with Crippen molar-refractivity contribution in [3.63, 3.8) is 0 Å². The molecule has 0 amide bonds. The molecule has 3 aromatic rings. The highest BCUT2D eigenvalue weighted by Crippen LogP contribution is 2.36. The third-order valence-corrected chi connectivity index (χ3v) is 5.59.